The van der Waals surface area contributed by atoms with Gasteiger partial charge < -0.3 is 20.6 Å². The van der Waals surface area contributed by atoms with Gasteiger partial charge in [0.2, 0.25) is 6.41 Å². The first-order chi connectivity index (χ1) is 7.97. The molecule has 0 aliphatic carbocycles. The Labute approximate surface area is 102 Å². The van der Waals surface area contributed by atoms with Gasteiger partial charge in [-0.3, -0.25) is 9.59 Å². The Morgan fingerprint density at radius 2 is 1.94 bits per heavy atom. The molecule has 0 aromatic heterocycles. The van der Waals surface area contributed by atoms with Gasteiger partial charge in [-0.25, -0.2) is 0 Å². The van der Waals surface area contributed by atoms with Gasteiger partial charge in [-0.15, -0.1) is 0 Å². The normalized spacial score (nSPS) is 12.5. The molecule has 0 heterocycles. The Kier molecular flexibility index (Phi) is 8.35. The second kappa shape index (κ2) is 8.95. The van der Waals surface area contributed by atoms with Crippen molar-refractivity contribution < 1.29 is 14.7 Å². The number of nitrogens with zero attached hydrogens (tertiary/aromatic N) is 2. The van der Waals surface area contributed by atoms with Crippen molar-refractivity contribution >= 4 is 12.4 Å². The van der Waals surface area contributed by atoms with Crippen LogP contribution in [0.15, 0.2) is 0 Å². The molecule has 0 rings (SSSR count). The molecule has 0 fully saturated rings. The van der Waals surface area contributed by atoms with Crippen LogP contribution in [-0.4, -0.2) is 67.1 Å². The lowest BCUT2D eigenvalue weighted by atomic mass is 10.1. The molecule has 0 radical (unpaired) electrons. The maximum Gasteiger partial charge on any atom is 0.320 e. The van der Waals surface area contributed by atoms with Gasteiger partial charge in [0.15, 0.2) is 0 Å². The standard InChI is InChI=1S/C11H23N3O3/c1-13(2)7-8-14(9-15)6-4-3-5-10(12)11(16)17/h9-10H,3-8,12H2,1-2H3,(H,16,17). The van der Waals surface area contributed by atoms with Crippen LogP contribution in [0.5, 0.6) is 0 Å². The molecule has 0 bridgehead atoms. The summed E-state index contributed by atoms with van der Waals surface area (Å²) in [6.07, 6.45) is 2.79. The summed E-state index contributed by atoms with van der Waals surface area (Å²) in [5, 5.41) is 8.58. The van der Waals surface area contributed by atoms with Gasteiger partial charge >= 0.3 is 5.97 Å². The summed E-state index contributed by atoms with van der Waals surface area (Å²) in [6, 6.07) is -0.790. The minimum Gasteiger partial charge on any atom is -0.480 e. The number of rotatable bonds is 10. The summed E-state index contributed by atoms with van der Waals surface area (Å²) >= 11 is 0. The molecule has 0 aliphatic heterocycles. The van der Waals surface area contributed by atoms with Crippen molar-refractivity contribution in [2.45, 2.75) is 25.3 Å². The van der Waals surface area contributed by atoms with Crippen LogP contribution < -0.4 is 5.73 Å². The van der Waals surface area contributed by atoms with Gasteiger partial charge in [-0.1, -0.05) is 0 Å². The zero-order valence-corrected chi connectivity index (χ0v) is 10.6. The Balaban J connectivity index is 3.63. The number of carboxylic acids is 1. The van der Waals surface area contributed by atoms with Gasteiger partial charge in [0.25, 0.3) is 0 Å². The Morgan fingerprint density at radius 3 is 2.41 bits per heavy atom. The first-order valence-corrected chi connectivity index (χ1v) is 5.79. The number of hydrogen-bond donors (Lipinski definition) is 2. The zero-order valence-electron chi connectivity index (χ0n) is 10.6. The third-order valence-corrected chi connectivity index (χ3v) is 2.51. The summed E-state index contributed by atoms with van der Waals surface area (Å²) in [4.78, 5) is 24.9. The number of aliphatic carboxylic acids is 1. The molecule has 17 heavy (non-hydrogen) atoms. The third kappa shape index (κ3) is 8.65. The van der Waals surface area contributed by atoms with Gasteiger partial charge in [0.05, 0.1) is 0 Å². The number of amides is 1. The molecule has 1 atom stereocenters. The lowest BCUT2D eigenvalue weighted by Gasteiger charge is -2.19. The first-order valence-electron chi connectivity index (χ1n) is 5.79. The minimum atomic E-state index is -0.968. The number of nitrogens with two attached hydrogens (primary N) is 1. The highest BCUT2D eigenvalue weighted by atomic mass is 16.4. The minimum absolute atomic E-state index is 0.454. The van der Waals surface area contributed by atoms with E-state index in [2.05, 4.69) is 0 Å². The van der Waals surface area contributed by atoms with Gasteiger partial charge in [-0.05, 0) is 33.4 Å². The number of hydrogen-bond acceptors (Lipinski definition) is 4. The molecule has 1 amide bonds. The molecule has 0 aliphatic rings. The molecule has 0 spiro atoms. The number of unbranched alkanes of at least 4 members (excludes halogenated alkanes) is 1. The molecular formula is C11H23N3O3. The Hall–Kier alpha value is -1.14. The van der Waals surface area contributed by atoms with Crippen LogP contribution in [-0.2, 0) is 9.59 Å². The molecule has 1 unspecified atom stereocenters. The molecule has 6 nitrogen and oxygen atoms in total. The van der Waals surface area contributed by atoms with Crippen molar-refractivity contribution in [1.82, 2.24) is 9.80 Å². The summed E-state index contributed by atoms with van der Waals surface area (Å²) in [6.45, 7) is 2.18. The van der Waals surface area contributed by atoms with Crippen LogP contribution in [0.25, 0.3) is 0 Å². The van der Waals surface area contributed by atoms with Crippen LogP contribution in [0.3, 0.4) is 0 Å². The second-order valence-corrected chi connectivity index (χ2v) is 4.39. The van der Waals surface area contributed by atoms with Crippen LogP contribution in [0, 0.1) is 0 Å². The van der Waals surface area contributed by atoms with Crippen molar-refractivity contribution in [2.75, 3.05) is 33.7 Å². The van der Waals surface area contributed by atoms with Gasteiger partial charge in [0, 0.05) is 19.6 Å². The van der Waals surface area contributed by atoms with Crippen molar-refractivity contribution in [3.05, 3.63) is 0 Å². The molecule has 0 aromatic carbocycles. The predicted molar refractivity (Wildman–Crippen MR) is 65.7 cm³/mol. The average molecular weight is 245 g/mol. The lowest BCUT2D eigenvalue weighted by molar-refractivity contribution is -0.138. The van der Waals surface area contributed by atoms with E-state index >= 15 is 0 Å². The molecule has 0 saturated heterocycles. The second-order valence-electron chi connectivity index (χ2n) is 4.39. The molecule has 0 saturated carbocycles. The summed E-state index contributed by atoms with van der Waals surface area (Å²) < 4.78 is 0. The fourth-order valence-corrected chi connectivity index (χ4v) is 1.35. The fourth-order valence-electron chi connectivity index (χ4n) is 1.35. The van der Waals surface area contributed by atoms with Crippen molar-refractivity contribution in [2.24, 2.45) is 5.73 Å². The topological polar surface area (TPSA) is 86.9 Å². The first kappa shape index (κ1) is 15.9. The van der Waals surface area contributed by atoms with Crippen LogP contribution in [0.1, 0.15) is 19.3 Å². The quantitative estimate of drug-likeness (QED) is 0.403. The molecule has 0 aromatic rings. The predicted octanol–water partition coefficient (Wildman–Crippen LogP) is -0.411. The summed E-state index contributed by atoms with van der Waals surface area (Å²) in [7, 11) is 3.91. The van der Waals surface area contributed by atoms with Gasteiger partial charge in [-0.2, -0.15) is 0 Å². The van der Waals surface area contributed by atoms with E-state index in [0.29, 0.717) is 19.5 Å². The van der Waals surface area contributed by atoms with E-state index in [9.17, 15) is 9.59 Å². The Bertz CT molecular complexity index is 234. The van der Waals surface area contributed by atoms with Crippen molar-refractivity contribution in [3.63, 3.8) is 0 Å². The maximum absolute atomic E-state index is 10.7. The average Bonchev–Trinajstić information content (AvgIpc) is 2.27. The van der Waals surface area contributed by atoms with Crippen LogP contribution in [0.4, 0.5) is 0 Å². The number of carbonyl (C=O) groups excluding carboxylic acids is 1. The highest BCUT2D eigenvalue weighted by molar-refractivity contribution is 5.72. The van der Waals surface area contributed by atoms with Crippen molar-refractivity contribution in [3.8, 4) is 0 Å². The van der Waals surface area contributed by atoms with Gasteiger partial charge in [0.1, 0.15) is 6.04 Å². The SMILES string of the molecule is CN(C)CCN(C=O)CCCCC(N)C(=O)O. The monoisotopic (exact) mass is 245 g/mol. The molecule has 3 N–H and O–H groups in total. The maximum atomic E-state index is 10.7. The molecular weight excluding hydrogens is 222 g/mol. The van der Waals surface area contributed by atoms with E-state index in [1.165, 1.54) is 0 Å². The lowest BCUT2D eigenvalue weighted by Crippen LogP contribution is -2.32. The molecule has 100 valence electrons. The summed E-state index contributed by atoms with van der Waals surface area (Å²) in [5.41, 5.74) is 5.37. The molecule has 6 heteroatoms. The van der Waals surface area contributed by atoms with E-state index in [1.54, 1.807) is 4.90 Å². The highest BCUT2D eigenvalue weighted by Crippen LogP contribution is 2.00. The van der Waals surface area contributed by atoms with E-state index in [4.69, 9.17) is 10.8 Å². The number of likely N-dealkylation sites (N-methyl/N-ethyl adjacent to an activating group) is 1. The van der Waals surface area contributed by atoms with E-state index in [0.717, 1.165) is 25.8 Å². The zero-order chi connectivity index (χ0) is 13.3. The largest absolute Gasteiger partial charge is 0.480 e. The van der Waals surface area contributed by atoms with E-state index in [1.807, 2.05) is 19.0 Å². The van der Waals surface area contributed by atoms with Crippen LogP contribution in [0.2, 0.25) is 0 Å². The number of carboxylic acid groups (broad SMARTS) is 1. The summed E-state index contributed by atoms with van der Waals surface area (Å²) in [5.74, 6) is -0.968. The smallest absolute Gasteiger partial charge is 0.320 e. The van der Waals surface area contributed by atoms with E-state index in [-0.39, 0.29) is 0 Å². The van der Waals surface area contributed by atoms with Crippen LogP contribution >= 0.6 is 0 Å². The Morgan fingerprint density at radius 1 is 1.29 bits per heavy atom. The number of carbonyl (C=O) groups is 2. The van der Waals surface area contributed by atoms with Crippen molar-refractivity contribution in [1.29, 1.82) is 0 Å². The third-order valence-electron chi connectivity index (χ3n) is 2.51. The highest BCUT2D eigenvalue weighted by Gasteiger charge is 2.10. The van der Waals surface area contributed by atoms with E-state index < -0.39 is 12.0 Å². The fraction of sp³-hybridized carbons (Fsp3) is 0.818.